The minimum Gasteiger partial charge on any atom is -0.433 e. The summed E-state index contributed by atoms with van der Waals surface area (Å²) >= 11 is 0. The molecule has 3 nitrogen and oxygen atoms in total. The summed E-state index contributed by atoms with van der Waals surface area (Å²) in [6.07, 6.45) is 10.2. The van der Waals surface area contributed by atoms with Crippen LogP contribution in [0.2, 0.25) is 0 Å². The Bertz CT molecular complexity index is 306. The molecule has 0 N–H and O–H groups in total. The van der Waals surface area contributed by atoms with Crippen molar-refractivity contribution in [2.24, 2.45) is 11.3 Å². The first-order chi connectivity index (χ1) is 10.4. The van der Waals surface area contributed by atoms with E-state index in [4.69, 9.17) is 9.47 Å². The van der Waals surface area contributed by atoms with E-state index in [9.17, 15) is 4.79 Å². The maximum atomic E-state index is 11.9. The zero-order valence-corrected chi connectivity index (χ0v) is 16.0. The zero-order chi connectivity index (χ0) is 16.4. The van der Waals surface area contributed by atoms with E-state index in [1.54, 1.807) is 0 Å². The Hall–Kier alpha value is -0.140. The fraction of sp³-hybridized carbons (Fsp3) is 0.944. The molecule has 0 spiro atoms. The molecule has 0 aliphatic heterocycles. The summed E-state index contributed by atoms with van der Waals surface area (Å²) in [7, 11) is 0.254. The van der Waals surface area contributed by atoms with Crippen LogP contribution in [-0.2, 0) is 9.47 Å². The second-order valence-electron chi connectivity index (χ2n) is 7.69. The van der Waals surface area contributed by atoms with Crippen LogP contribution in [0.4, 0.5) is 4.79 Å². The lowest BCUT2D eigenvalue weighted by Crippen LogP contribution is -2.26. The first-order valence-corrected chi connectivity index (χ1v) is 10.2. The van der Waals surface area contributed by atoms with Gasteiger partial charge >= 0.3 is 5.71 Å². The van der Waals surface area contributed by atoms with E-state index in [0.717, 1.165) is 37.9 Å². The molecule has 0 amide bonds. The SMILES string of the molecule is CCCPC(=O)OC(CC(C)(C)C)OCCC1CCCCC1. The monoisotopic (exact) mass is 330 g/mol. The van der Waals surface area contributed by atoms with Gasteiger partial charge < -0.3 is 9.47 Å². The Morgan fingerprint density at radius 2 is 1.91 bits per heavy atom. The van der Waals surface area contributed by atoms with Gasteiger partial charge in [0.15, 0.2) is 0 Å². The number of rotatable bonds is 9. The van der Waals surface area contributed by atoms with Crippen molar-refractivity contribution in [3.05, 3.63) is 0 Å². The highest BCUT2D eigenvalue weighted by Gasteiger charge is 2.23. The molecule has 22 heavy (non-hydrogen) atoms. The number of hydrogen-bond donors (Lipinski definition) is 0. The predicted octanol–water partition coefficient (Wildman–Crippen LogP) is 5.96. The molecule has 0 aromatic carbocycles. The van der Waals surface area contributed by atoms with E-state index in [-0.39, 0.29) is 26.0 Å². The first kappa shape index (κ1) is 19.9. The Labute approximate surface area is 138 Å². The van der Waals surface area contributed by atoms with Gasteiger partial charge in [-0.25, -0.2) is 4.79 Å². The molecule has 1 saturated carbocycles. The number of carbonyl (C=O) groups excluding carboxylic acids is 1. The summed E-state index contributed by atoms with van der Waals surface area (Å²) in [5.41, 5.74) is 0.0117. The molecular formula is C18H35O3P. The summed E-state index contributed by atoms with van der Waals surface area (Å²) in [5, 5.41) is 0. The van der Waals surface area contributed by atoms with Crippen LogP contribution < -0.4 is 0 Å². The van der Waals surface area contributed by atoms with Gasteiger partial charge in [-0.15, -0.1) is 0 Å². The van der Waals surface area contributed by atoms with E-state index >= 15 is 0 Å². The Kier molecular flexibility index (Phi) is 9.59. The molecular weight excluding hydrogens is 295 g/mol. The van der Waals surface area contributed by atoms with Gasteiger partial charge in [0.2, 0.25) is 6.29 Å². The van der Waals surface area contributed by atoms with Crippen LogP contribution in [0.1, 0.15) is 79.1 Å². The molecule has 1 fully saturated rings. The van der Waals surface area contributed by atoms with Crippen LogP contribution >= 0.6 is 8.58 Å². The van der Waals surface area contributed by atoms with Crippen molar-refractivity contribution < 1.29 is 14.3 Å². The number of hydrogen-bond acceptors (Lipinski definition) is 3. The molecule has 1 aliphatic rings. The summed E-state index contributed by atoms with van der Waals surface area (Å²) in [4.78, 5) is 11.9. The standard InChI is InChI=1S/C18H35O3P/c1-5-13-22-17(19)21-16(14-18(2,3)4)20-12-11-15-9-7-6-8-10-15/h15-16,22H,5-14H2,1-4H3. The lowest BCUT2D eigenvalue weighted by atomic mass is 9.87. The Morgan fingerprint density at radius 3 is 2.50 bits per heavy atom. The molecule has 1 aliphatic carbocycles. The molecule has 0 heterocycles. The minimum absolute atomic E-state index is 0.0891. The molecule has 2 unspecified atom stereocenters. The van der Waals surface area contributed by atoms with Crippen LogP contribution in [0.5, 0.6) is 0 Å². The highest BCUT2D eigenvalue weighted by Crippen LogP contribution is 2.28. The van der Waals surface area contributed by atoms with Crippen molar-refractivity contribution in [2.75, 3.05) is 12.8 Å². The zero-order valence-electron chi connectivity index (χ0n) is 15.0. The van der Waals surface area contributed by atoms with E-state index < -0.39 is 0 Å². The van der Waals surface area contributed by atoms with E-state index in [1.807, 2.05) is 0 Å². The van der Waals surface area contributed by atoms with Crippen molar-refractivity contribution in [3.8, 4) is 0 Å². The summed E-state index contributed by atoms with van der Waals surface area (Å²) in [6, 6.07) is 0. The topological polar surface area (TPSA) is 35.5 Å². The maximum Gasteiger partial charge on any atom is 0.325 e. The highest BCUT2D eigenvalue weighted by molar-refractivity contribution is 7.57. The molecule has 4 heteroatoms. The Morgan fingerprint density at radius 1 is 1.23 bits per heavy atom. The average molecular weight is 330 g/mol. The number of carbonyl (C=O) groups is 1. The maximum absolute atomic E-state index is 11.9. The summed E-state index contributed by atoms with van der Waals surface area (Å²) < 4.78 is 11.5. The van der Waals surface area contributed by atoms with Gasteiger partial charge in [0.25, 0.3) is 0 Å². The lowest BCUT2D eigenvalue weighted by Gasteiger charge is -2.27. The molecule has 0 bridgehead atoms. The smallest absolute Gasteiger partial charge is 0.325 e. The van der Waals surface area contributed by atoms with Crippen LogP contribution in [-0.4, -0.2) is 24.8 Å². The second-order valence-corrected chi connectivity index (χ2v) is 8.95. The van der Waals surface area contributed by atoms with E-state index in [1.165, 1.54) is 32.1 Å². The average Bonchev–Trinajstić information content (AvgIpc) is 2.44. The van der Waals surface area contributed by atoms with Gasteiger partial charge in [0, 0.05) is 6.42 Å². The van der Waals surface area contributed by atoms with Crippen molar-refractivity contribution in [3.63, 3.8) is 0 Å². The van der Waals surface area contributed by atoms with Gasteiger partial charge in [-0.05, 0) is 32.5 Å². The van der Waals surface area contributed by atoms with Crippen molar-refractivity contribution in [1.82, 2.24) is 0 Å². The molecule has 130 valence electrons. The van der Waals surface area contributed by atoms with Crippen LogP contribution in [0, 0.1) is 11.3 Å². The molecule has 0 saturated heterocycles. The predicted molar refractivity (Wildman–Crippen MR) is 95.0 cm³/mol. The molecule has 2 atom stereocenters. The van der Waals surface area contributed by atoms with Crippen molar-refractivity contribution in [2.45, 2.75) is 85.4 Å². The molecule has 0 radical (unpaired) electrons. The van der Waals surface area contributed by atoms with Crippen molar-refractivity contribution in [1.29, 1.82) is 0 Å². The second kappa shape index (κ2) is 10.6. The quantitative estimate of drug-likeness (QED) is 0.386. The van der Waals surface area contributed by atoms with E-state index in [2.05, 4.69) is 27.7 Å². The molecule has 0 aromatic rings. The van der Waals surface area contributed by atoms with Gasteiger partial charge in [-0.3, -0.25) is 0 Å². The summed E-state index contributed by atoms with van der Waals surface area (Å²) in [6.45, 7) is 9.29. The highest BCUT2D eigenvalue weighted by atomic mass is 31.1. The third-order valence-electron chi connectivity index (χ3n) is 4.09. The largest absolute Gasteiger partial charge is 0.433 e. The fourth-order valence-corrected chi connectivity index (χ4v) is 3.53. The normalized spacial score (nSPS) is 18.7. The molecule has 0 aromatic heterocycles. The van der Waals surface area contributed by atoms with Gasteiger partial charge in [-0.1, -0.05) is 66.2 Å². The molecule has 1 rings (SSSR count). The third kappa shape index (κ3) is 9.79. The lowest BCUT2D eigenvalue weighted by molar-refractivity contribution is -0.118. The Balaban J connectivity index is 2.34. The number of ether oxygens (including phenoxy) is 2. The first-order valence-electron chi connectivity index (χ1n) is 8.97. The van der Waals surface area contributed by atoms with Crippen molar-refractivity contribution >= 4 is 14.3 Å². The van der Waals surface area contributed by atoms with Crippen LogP contribution in [0.3, 0.4) is 0 Å². The minimum atomic E-state index is -0.375. The summed E-state index contributed by atoms with van der Waals surface area (Å²) in [5.74, 6) is 0.807. The fourth-order valence-electron chi connectivity index (χ4n) is 2.86. The van der Waals surface area contributed by atoms with Gasteiger partial charge in [0.05, 0.1) is 6.61 Å². The van der Waals surface area contributed by atoms with Crippen LogP contribution in [0.25, 0.3) is 0 Å². The van der Waals surface area contributed by atoms with Gasteiger partial charge in [0.1, 0.15) is 0 Å². The van der Waals surface area contributed by atoms with Gasteiger partial charge in [-0.2, -0.15) is 0 Å². The van der Waals surface area contributed by atoms with E-state index in [0.29, 0.717) is 0 Å². The van der Waals surface area contributed by atoms with Crippen LogP contribution in [0.15, 0.2) is 0 Å². The third-order valence-corrected chi connectivity index (χ3v) is 5.25.